The smallest absolute Gasteiger partial charge is 0.191 e. The third kappa shape index (κ3) is 5.82. The predicted octanol–water partition coefficient (Wildman–Crippen LogP) is 2.84. The van der Waals surface area contributed by atoms with Crippen LogP contribution in [-0.4, -0.2) is 55.8 Å². The van der Waals surface area contributed by atoms with Crippen molar-refractivity contribution in [1.82, 2.24) is 15.5 Å². The summed E-state index contributed by atoms with van der Waals surface area (Å²) in [5.74, 6) is 0.870. The Morgan fingerprint density at radius 1 is 1.31 bits per heavy atom. The molecule has 0 radical (unpaired) electrons. The lowest BCUT2D eigenvalue weighted by atomic mass is 10.1. The highest BCUT2D eigenvalue weighted by atomic mass is 127. The zero-order chi connectivity index (χ0) is 17.6. The predicted molar refractivity (Wildman–Crippen MR) is 118 cm³/mol. The van der Waals surface area contributed by atoms with Gasteiger partial charge in [-0.2, -0.15) is 0 Å². The molecule has 0 amide bonds. The van der Waals surface area contributed by atoms with Crippen LogP contribution in [0.5, 0.6) is 0 Å². The zero-order valence-corrected chi connectivity index (χ0v) is 18.6. The molecule has 2 aliphatic rings. The van der Waals surface area contributed by atoms with Crippen LogP contribution in [0.25, 0.3) is 0 Å². The summed E-state index contributed by atoms with van der Waals surface area (Å²) in [7, 11) is 0. The van der Waals surface area contributed by atoms with E-state index in [1.165, 1.54) is 36.1 Å². The molecule has 0 saturated carbocycles. The van der Waals surface area contributed by atoms with Gasteiger partial charge in [0.2, 0.25) is 0 Å². The number of nitrogens with one attached hydrogen (secondary N) is 2. The first kappa shape index (κ1) is 21.4. The number of nitrogens with zero attached hydrogens (tertiary/aromatic N) is 2. The maximum Gasteiger partial charge on any atom is 0.191 e. The minimum atomic E-state index is 0. The number of fused-ring (bicyclic) bond motifs is 1. The lowest BCUT2D eigenvalue weighted by Gasteiger charge is -2.35. The summed E-state index contributed by atoms with van der Waals surface area (Å²) in [5, 5.41) is 6.80. The largest absolute Gasteiger partial charge is 0.373 e. The molecule has 1 aromatic carbocycles. The van der Waals surface area contributed by atoms with Gasteiger partial charge in [-0.05, 0) is 51.3 Å². The van der Waals surface area contributed by atoms with Gasteiger partial charge < -0.3 is 15.4 Å². The number of benzene rings is 1. The van der Waals surface area contributed by atoms with Crippen molar-refractivity contribution in [2.45, 2.75) is 52.3 Å². The van der Waals surface area contributed by atoms with Gasteiger partial charge in [-0.1, -0.05) is 23.8 Å². The van der Waals surface area contributed by atoms with Crippen molar-refractivity contribution in [3.8, 4) is 0 Å². The second-order valence-electron chi connectivity index (χ2n) is 7.25. The third-order valence-electron chi connectivity index (χ3n) is 5.21. The Morgan fingerprint density at radius 3 is 2.92 bits per heavy atom. The van der Waals surface area contributed by atoms with Crippen LogP contribution in [0.15, 0.2) is 23.2 Å². The van der Waals surface area contributed by atoms with Gasteiger partial charge in [0.25, 0.3) is 0 Å². The lowest BCUT2D eigenvalue weighted by molar-refractivity contribution is -0.0453. The molecule has 2 heterocycles. The van der Waals surface area contributed by atoms with Crippen LogP contribution in [-0.2, 0) is 11.3 Å². The molecule has 2 saturated heterocycles. The van der Waals surface area contributed by atoms with Gasteiger partial charge in [-0.25, -0.2) is 4.99 Å². The van der Waals surface area contributed by atoms with Crippen LogP contribution >= 0.6 is 24.0 Å². The number of halogens is 1. The van der Waals surface area contributed by atoms with Crippen LogP contribution in [0.1, 0.15) is 36.5 Å². The molecule has 0 spiro atoms. The van der Waals surface area contributed by atoms with Crippen LogP contribution in [0.2, 0.25) is 0 Å². The van der Waals surface area contributed by atoms with Crippen LogP contribution in [0.3, 0.4) is 0 Å². The maximum absolute atomic E-state index is 6.03. The van der Waals surface area contributed by atoms with Gasteiger partial charge in [0, 0.05) is 25.7 Å². The van der Waals surface area contributed by atoms with E-state index < -0.39 is 0 Å². The fourth-order valence-corrected chi connectivity index (χ4v) is 3.75. The molecule has 146 valence electrons. The van der Waals surface area contributed by atoms with Gasteiger partial charge >= 0.3 is 0 Å². The number of hydrogen-bond donors (Lipinski definition) is 2. The van der Waals surface area contributed by atoms with E-state index in [0.29, 0.717) is 12.6 Å². The molecular weight excluding hydrogens is 439 g/mol. The lowest BCUT2D eigenvalue weighted by Crippen LogP contribution is -2.51. The average molecular weight is 472 g/mol. The van der Waals surface area contributed by atoms with Crippen molar-refractivity contribution in [3.05, 3.63) is 34.9 Å². The molecule has 0 bridgehead atoms. The van der Waals surface area contributed by atoms with E-state index in [1.807, 2.05) is 0 Å². The fraction of sp³-hybridized carbons (Fsp3) is 0.650. The first-order valence-corrected chi connectivity index (χ1v) is 9.59. The Kier molecular flexibility index (Phi) is 8.63. The summed E-state index contributed by atoms with van der Waals surface area (Å²) in [4.78, 5) is 7.33. The number of ether oxygens (including phenoxy) is 1. The molecule has 26 heavy (non-hydrogen) atoms. The Hall–Kier alpha value is -0.860. The van der Waals surface area contributed by atoms with Crippen molar-refractivity contribution in [2.24, 2.45) is 4.99 Å². The molecule has 5 nitrogen and oxygen atoms in total. The SMILES string of the molecule is CCNC(=NCc1ccc(C)cc1C)NCC1CN2CCCC2CO1.I. The molecular formula is C20H33IN4O. The summed E-state index contributed by atoms with van der Waals surface area (Å²) in [6, 6.07) is 7.20. The molecule has 0 aromatic heterocycles. The molecule has 2 aliphatic heterocycles. The van der Waals surface area contributed by atoms with Gasteiger partial charge in [-0.15, -0.1) is 24.0 Å². The quantitative estimate of drug-likeness (QED) is 0.393. The number of guanidine groups is 1. The number of morpholine rings is 1. The van der Waals surface area contributed by atoms with Gasteiger partial charge in [0.15, 0.2) is 5.96 Å². The number of aryl methyl sites for hydroxylation is 2. The van der Waals surface area contributed by atoms with Crippen molar-refractivity contribution in [2.75, 3.05) is 32.8 Å². The van der Waals surface area contributed by atoms with Crippen LogP contribution < -0.4 is 10.6 Å². The van der Waals surface area contributed by atoms with Gasteiger partial charge in [0.1, 0.15) is 0 Å². The second kappa shape index (κ2) is 10.5. The summed E-state index contributed by atoms with van der Waals surface area (Å²) < 4.78 is 6.03. The van der Waals surface area contributed by atoms with E-state index >= 15 is 0 Å². The Bertz CT molecular complexity index is 607. The fourth-order valence-electron chi connectivity index (χ4n) is 3.75. The molecule has 6 heteroatoms. The van der Waals surface area contributed by atoms with E-state index in [0.717, 1.165) is 32.2 Å². The number of rotatable bonds is 5. The van der Waals surface area contributed by atoms with E-state index in [2.05, 4.69) is 54.5 Å². The highest BCUT2D eigenvalue weighted by molar-refractivity contribution is 14.0. The van der Waals surface area contributed by atoms with E-state index in [-0.39, 0.29) is 30.1 Å². The summed E-state index contributed by atoms with van der Waals surface area (Å²) in [6.07, 6.45) is 2.85. The normalized spacial score (nSPS) is 23.3. The van der Waals surface area contributed by atoms with Crippen molar-refractivity contribution in [3.63, 3.8) is 0 Å². The van der Waals surface area contributed by atoms with Gasteiger partial charge in [0.05, 0.1) is 19.3 Å². The minimum absolute atomic E-state index is 0. The van der Waals surface area contributed by atoms with Gasteiger partial charge in [-0.3, -0.25) is 4.90 Å². The molecule has 1 aromatic rings. The van der Waals surface area contributed by atoms with E-state index in [1.54, 1.807) is 0 Å². The summed E-state index contributed by atoms with van der Waals surface area (Å²) >= 11 is 0. The Balaban J connectivity index is 0.00000243. The van der Waals surface area contributed by atoms with Crippen molar-refractivity contribution >= 4 is 29.9 Å². The molecule has 3 rings (SSSR count). The van der Waals surface area contributed by atoms with Crippen molar-refractivity contribution in [1.29, 1.82) is 0 Å². The van der Waals surface area contributed by atoms with Crippen LogP contribution in [0, 0.1) is 13.8 Å². The molecule has 0 aliphatic carbocycles. The highest BCUT2D eigenvalue weighted by Crippen LogP contribution is 2.22. The average Bonchev–Trinajstić information content (AvgIpc) is 3.06. The van der Waals surface area contributed by atoms with E-state index in [4.69, 9.17) is 9.73 Å². The summed E-state index contributed by atoms with van der Waals surface area (Å²) in [5.41, 5.74) is 3.87. The maximum atomic E-state index is 6.03. The zero-order valence-electron chi connectivity index (χ0n) is 16.3. The monoisotopic (exact) mass is 472 g/mol. The van der Waals surface area contributed by atoms with E-state index in [9.17, 15) is 0 Å². The topological polar surface area (TPSA) is 48.9 Å². The second-order valence-corrected chi connectivity index (χ2v) is 7.25. The Morgan fingerprint density at radius 2 is 2.15 bits per heavy atom. The minimum Gasteiger partial charge on any atom is -0.373 e. The van der Waals surface area contributed by atoms with Crippen molar-refractivity contribution < 1.29 is 4.74 Å². The number of aliphatic imine (C=N–C) groups is 1. The first-order valence-electron chi connectivity index (χ1n) is 9.59. The molecule has 2 N–H and O–H groups in total. The number of hydrogen-bond acceptors (Lipinski definition) is 3. The van der Waals surface area contributed by atoms with Crippen LogP contribution in [0.4, 0.5) is 0 Å². The Labute approximate surface area is 175 Å². The molecule has 2 atom stereocenters. The first-order chi connectivity index (χ1) is 12.2. The highest BCUT2D eigenvalue weighted by Gasteiger charge is 2.32. The standard InChI is InChI=1S/C20H32N4O.HI/c1-4-21-20(22-11-17-8-7-15(2)10-16(17)3)23-12-19-13-24-9-5-6-18(24)14-25-19;/h7-8,10,18-19H,4-6,9,11-14H2,1-3H3,(H2,21,22,23);1H. The third-order valence-corrected chi connectivity index (χ3v) is 5.21. The molecule has 2 fully saturated rings. The summed E-state index contributed by atoms with van der Waals surface area (Å²) in [6.45, 7) is 11.9. The molecule has 2 unspecified atom stereocenters.